The van der Waals surface area contributed by atoms with Crippen LogP contribution in [0.15, 0.2) is 56.9 Å². The van der Waals surface area contributed by atoms with Crippen molar-refractivity contribution in [3.05, 3.63) is 62.9 Å². The van der Waals surface area contributed by atoms with Crippen molar-refractivity contribution in [2.45, 2.75) is 12.1 Å². The Bertz CT molecular complexity index is 1020. The van der Waals surface area contributed by atoms with Crippen LogP contribution in [0, 0.1) is 6.92 Å². The molecule has 0 bridgehead atoms. The molecule has 0 atom stereocenters. The predicted molar refractivity (Wildman–Crippen MR) is 105 cm³/mol. The minimum Gasteiger partial charge on any atom is -0.325 e. The molecule has 2 aromatic carbocycles. The third-order valence-electron chi connectivity index (χ3n) is 3.74. The number of amides is 1. The van der Waals surface area contributed by atoms with Gasteiger partial charge in [-0.25, -0.2) is 4.98 Å². The highest BCUT2D eigenvalue weighted by Crippen LogP contribution is 2.21. The number of carbonyl (C=O) groups is 1. The summed E-state index contributed by atoms with van der Waals surface area (Å²) in [5, 5.41) is 3.98. The molecule has 0 aliphatic rings. The molecule has 0 spiro atoms. The highest BCUT2D eigenvalue weighted by molar-refractivity contribution is 9.10. The molecule has 1 N–H and O–H groups in total. The van der Waals surface area contributed by atoms with Gasteiger partial charge in [0.05, 0.1) is 16.7 Å². The number of anilines is 1. The second kappa shape index (κ2) is 7.41. The highest BCUT2D eigenvalue weighted by atomic mass is 79.9. The lowest BCUT2D eigenvalue weighted by atomic mass is 10.2. The van der Waals surface area contributed by atoms with Gasteiger partial charge in [-0.2, -0.15) is 0 Å². The molecule has 1 amide bonds. The molecule has 0 radical (unpaired) electrons. The molecular formula is C18H16BrN3O2S. The van der Waals surface area contributed by atoms with E-state index in [4.69, 9.17) is 0 Å². The largest absolute Gasteiger partial charge is 0.325 e. The van der Waals surface area contributed by atoms with Gasteiger partial charge < -0.3 is 5.32 Å². The van der Waals surface area contributed by atoms with Crippen molar-refractivity contribution in [2.24, 2.45) is 7.05 Å². The lowest BCUT2D eigenvalue weighted by molar-refractivity contribution is -0.113. The molecule has 3 rings (SSSR count). The molecule has 128 valence electrons. The molecular weight excluding hydrogens is 402 g/mol. The minimum atomic E-state index is -0.141. The third-order valence-corrected chi connectivity index (χ3v) is 5.26. The molecule has 0 aliphatic heterocycles. The Labute approximate surface area is 157 Å². The van der Waals surface area contributed by atoms with Crippen LogP contribution in [0.1, 0.15) is 5.56 Å². The molecule has 5 nitrogen and oxygen atoms in total. The average Bonchev–Trinajstić information content (AvgIpc) is 2.59. The summed E-state index contributed by atoms with van der Waals surface area (Å²) in [5.74, 6) is 0.0338. The zero-order valence-corrected chi connectivity index (χ0v) is 16.1. The van der Waals surface area contributed by atoms with Gasteiger partial charge in [0.2, 0.25) is 5.91 Å². The number of aryl methyl sites for hydroxylation is 1. The van der Waals surface area contributed by atoms with Crippen LogP contribution in [0.2, 0.25) is 0 Å². The van der Waals surface area contributed by atoms with E-state index in [1.165, 1.54) is 16.3 Å². The van der Waals surface area contributed by atoms with Gasteiger partial charge in [0.25, 0.3) is 5.56 Å². The summed E-state index contributed by atoms with van der Waals surface area (Å²) >= 11 is 4.64. The van der Waals surface area contributed by atoms with Crippen LogP contribution in [-0.2, 0) is 11.8 Å². The first kappa shape index (κ1) is 17.7. The van der Waals surface area contributed by atoms with E-state index < -0.39 is 0 Å². The fourth-order valence-corrected chi connectivity index (χ4v) is 3.66. The Morgan fingerprint density at radius 1 is 1.28 bits per heavy atom. The standard InChI is InChI=1S/C18H16BrN3O2S/c1-11-9-12(19)7-8-14(11)20-16(23)10-25-18-21-15-6-4-3-5-13(15)17(24)22(18)2/h3-9H,10H2,1-2H3,(H,20,23). The fourth-order valence-electron chi connectivity index (χ4n) is 2.41. The first-order valence-electron chi connectivity index (χ1n) is 7.60. The number of rotatable bonds is 4. The second-order valence-electron chi connectivity index (χ2n) is 5.57. The van der Waals surface area contributed by atoms with Crippen LogP contribution in [0.5, 0.6) is 0 Å². The van der Waals surface area contributed by atoms with E-state index in [2.05, 4.69) is 26.2 Å². The molecule has 0 unspecified atom stereocenters. The Balaban J connectivity index is 1.75. The zero-order chi connectivity index (χ0) is 18.0. The van der Waals surface area contributed by atoms with Crippen LogP contribution in [0.3, 0.4) is 0 Å². The molecule has 0 aliphatic carbocycles. The van der Waals surface area contributed by atoms with Crippen molar-refractivity contribution in [1.29, 1.82) is 0 Å². The summed E-state index contributed by atoms with van der Waals surface area (Å²) in [5.41, 5.74) is 2.27. The number of benzene rings is 2. The number of fused-ring (bicyclic) bond motifs is 1. The SMILES string of the molecule is Cc1cc(Br)ccc1NC(=O)CSc1nc2ccccc2c(=O)n1C. The Hall–Kier alpha value is -2.12. The smallest absolute Gasteiger partial charge is 0.261 e. The molecule has 3 aromatic rings. The van der Waals surface area contributed by atoms with Gasteiger partial charge in [0.1, 0.15) is 0 Å². The van der Waals surface area contributed by atoms with Gasteiger partial charge in [-0.1, -0.05) is 39.8 Å². The van der Waals surface area contributed by atoms with E-state index in [9.17, 15) is 9.59 Å². The van der Waals surface area contributed by atoms with Crippen LogP contribution < -0.4 is 10.9 Å². The predicted octanol–water partition coefficient (Wildman–Crippen LogP) is 3.74. The summed E-state index contributed by atoms with van der Waals surface area (Å²) in [6, 6.07) is 12.9. The average molecular weight is 418 g/mol. The quantitative estimate of drug-likeness (QED) is 0.518. The van der Waals surface area contributed by atoms with Gasteiger partial charge in [-0.3, -0.25) is 14.2 Å². The fraction of sp³-hybridized carbons (Fsp3) is 0.167. The molecule has 25 heavy (non-hydrogen) atoms. The Kier molecular flexibility index (Phi) is 5.24. The summed E-state index contributed by atoms with van der Waals surface area (Å²) in [6.07, 6.45) is 0. The first-order chi connectivity index (χ1) is 12.0. The van der Waals surface area contributed by atoms with Crippen LogP contribution in [-0.4, -0.2) is 21.2 Å². The number of hydrogen-bond acceptors (Lipinski definition) is 4. The molecule has 7 heteroatoms. The number of thioether (sulfide) groups is 1. The molecule has 1 aromatic heterocycles. The van der Waals surface area contributed by atoms with Gasteiger partial charge in [-0.05, 0) is 42.8 Å². The third kappa shape index (κ3) is 3.93. The number of nitrogens with zero attached hydrogens (tertiary/aromatic N) is 2. The number of para-hydroxylation sites is 1. The van der Waals surface area contributed by atoms with Crippen molar-refractivity contribution >= 4 is 50.2 Å². The topological polar surface area (TPSA) is 64.0 Å². The van der Waals surface area contributed by atoms with E-state index in [-0.39, 0.29) is 17.2 Å². The lowest BCUT2D eigenvalue weighted by Crippen LogP contribution is -2.21. The summed E-state index contributed by atoms with van der Waals surface area (Å²) in [6.45, 7) is 1.93. The lowest BCUT2D eigenvalue weighted by Gasteiger charge is -2.10. The number of halogens is 1. The monoisotopic (exact) mass is 417 g/mol. The van der Waals surface area contributed by atoms with Crippen molar-refractivity contribution in [1.82, 2.24) is 9.55 Å². The number of nitrogens with one attached hydrogen (secondary N) is 1. The van der Waals surface area contributed by atoms with E-state index in [1.807, 2.05) is 37.3 Å². The number of hydrogen-bond donors (Lipinski definition) is 1. The summed E-state index contributed by atoms with van der Waals surface area (Å²) in [4.78, 5) is 29.1. The maximum absolute atomic E-state index is 12.4. The maximum Gasteiger partial charge on any atom is 0.261 e. The Morgan fingerprint density at radius 2 is 2.04 bits per heavy atom. The highest BCUT2D eigenvalue weighted by Gasteiger charge is 2.11. The second-order valence-corrected chi connectivity index (χ2v) is 7.43. The summed E-state index contributed by atoms with van der Waals surface area (Å²) in [7, 11) is 1.67. The first-order valence-corrected chi connectivity index (χ1v) is 9.38. The van der Waals surface area contributed by atoms with Crippen molar-refractivity contribution in [3.8, 4) is 0 Å². The van der Waals surface area contributed by atoms with Crippen LogP contribution in [0.4, 0.5) is 5.69 Å². The van der Waals surface area contributed by atoms with Gasteiger partial charge in [-0.15, -0.1) is 0 Å². The number of carbonyl (C=O) groups excluding carboxylic acids is 1. The molecule has 0 saturated heterocycles. The van der Waals surface area contributed by atoms with E-state index in [0.29, 0.717) is 16.1 Å². The van der Waals surface area contributed by atoms with Crippen molar-refractivity contribution in [2.75, 3.05) is 11.1 Å². The molecule has 0 fully saturated rings. The van der Waals surface area contributed by atoms with Crippen molar-refractivity contribution in [3.63, 3.8) is 0 Å². The van der Waals surface area contributed by atoms with Gasteiger partial charge in [0.15, 0.2) is 5.16 Å². The van der Waals surface area contributed by atoms with Crippen LogP contribution >= 0.6 is 27.7 Å². The maximum atomic E-state index is 12.4. The van der Waals surface area contributed by atoms with E-state index >= 15 is 0 Å². The van der Waals surface area contributed by atoms with Crippen molar-refractivity contribution < 1.29 is 4.79 Å². The zero-order valence-electron chi connectivity index (χ0n) is 13.7. The van der Waals surface area contributed by atoms with E-state index in [0.717, 1.165) is 15.7 Å². The normalized spacial score (nSPS) is 10.8. The van der Waals surface area contributed by atoms with E-state index in [1.54, 1.807) is 19.2 Å². The summed E-state index contributed by atoms with van der Waals surface area (Å²) < 4.78 is 2.44. The Morgan fingerprint density at radius 3 is 2.80 bits per heavy atom. The minimum absolute atomic E-state index is 0.114. The van der Waals surface area contributed by atoms with Gasteiger partial charge >= 0.3 is 0 Å². The van der Waals surface area contributed by atoms with Crippen LogP contribution in [0.25, 0.3) is 10.9 Å². The number of aromatic nitrogens is 2. The molecule has 0 saturated carbocycles. The molecule has 1 heterocycles. The van der Waals surface area contributed by atoms with Gasteiger partial charge in [0, 0.05) is 17.2 Å².